The average Bonchev–Trinajstić information content (AvgIpc) is 2.29. The lowest BCUT2D eigenvalue weighted by atomic mass is 9.80. The van der Waals surface area contributed by atoms with Crippen molar-refractivity contribution < 1.29 is 19.8 Å². The van der Waals surface area contributed by atoms with Gasteiger partial charge in [-0.25, -0.2) is 0 Å². The van der Waals surface area contributed by atoms with Crippen LogP contribution in [0.25, 0.3) is 0 Å². The fraction of sp³-hybridized carbons (Fsp3) is 0.786. The molecule has 1 radical (unpaired) electrons. The van der Waals surface area contributed by atoms with Gasteiger partial charge in [-0.05, 0) is 31.1 Å². The molecule has 0 bridgehead atoms. The van der Waals surface area contributed by atoms with Crippen LogP contribution >= 0.6 is 0 Å². The molecule has 0 aromatic rings. The summed E-state index contributed by atoms with van der Waals surface area (Å²) in [5.74, 6) is -1.32. The van der Waals surface area contributed by atoms with Gasteiger partial charge in [0.15, 0.2) is 0 Å². The molecule has 0 saturated carbocycles. The van der Waals surface area contributed by atoms with Crippen molar-refractivity contribution in [1.29, 1.82) is 0 Å². The number of rotatable bonds is 11. The number of hydrogen-bond donors (Lipinski definition) is 2. The van der Waals surface area contributed by atoms with Crippen LogP contribution in [-0.2, 0) is 9.59 Å². The second-order valence-electron chi connectivity index (χ2n) is 4.77. The molecule has 0 aliphatic carbocycles. The molecular formula is C14H25O4. The van der Waals surface area contributed by atoms with Gasteiger partial charge in [-0.3, -0.25) is 9.59 Å². The molecule has 0 fully saturated rings. The molecule has 0 spiro atoms. The summed E-state index contributed by atoms with van der Waals surface area (Å²) in [6, 6.07) is 0. The number of aliphatic carboxylic acids is 2. The van der Waals surface area contributed by atoms with E-state index in [0.717, 1.165) is 25.7 Å². The van der Waals surface area contributed by atoms with Crippen molar-refractivity contribution in [3.05, 3.63) is 6.42 Å². The normalized spacial score (nSPS) is 14.1. The van der Waals surface area contributed by atoms with Gasteiger partial charge in [0.05, 0.1) is 0 Å². The number of unbranched alkanes of at least 4 members (excludes halogenated alkanes) is 1. The van der Waals surface area contributed by atoms with E-state index in [1.807, 2.05) is 6.92 Å². The van der Waals surface area contributed by atoms with Crippen molar-refractivity contribution in [3.8, 4) is 0 Å². The lowest BCUT2D eigenvalue weighted by Gasteiger charge is -2.25. The molecule has 2 N–H and O–H groups in total. The summed E-state index contributed by atoms with van der Waals surface area (Å²) in [6.07, 6.45) is 6.51. The zero-order valence-corrected chi connectivity index (χ0v) is 11.4. The van der Waals surface area contributed by atoms with Gasteiger partial charge < -0.3 is 10.2 Å². The first kappa shape index (κ1) is 16.9. The van der Waals surface area contributed by atoms with E-state index in [1.165, 1.54) is 0 Å². The average molecular weight is 257 g/mol. The summed E-state index contributed by atoms with van der Waals surface area (Å²) < 4.78 is 0. The maximum Gasteiger partial charge on any atom is 0.303 e. The highest BCUT2D eigenvalue weighted by Gasteiger charge is 2.23. The summed E-state index contributed by atoms with van der Waals surface area (Å²) >= 11 is 0. The lowest BCUT2D eigenvalue weighted by Crippen LogP contribution is -2.20. The molecule has 0 aromatic heterocycles. The van der Waals surface area contributed by atoms with Crippen LogP contribution in [-0.4, -0.2) is 22.2 Å². The monoisotopic (exact) mass is 257 g/mol. The highest BCUT2D eigenvalue weighted by molar-refractivity contribution is 5.67. The van der Waals surface area contributed by atoms with E-state index < -0.39 is 11.9 Å². The van der Waals surface area contributed by atoms with Crippen LogP contribution in [0.1, 0.15) is 58.8 Å². The van der Waals surface area contributed by atoms with E-state index in [4.69, 9.17) is 10.2 Å². The van der Waals surface area contributed by atoms with Gasteiger partial charge in [-0.1, -0.05) is 33.1 Å². The van der Waals surface area contributed by atoms with E-state index in [1.54, 1.807) is 0 Å². The van der Waals surface area contributed by atoms with Gasteiger partial charge in [0.25, 0.3) is 0 Å². The fourth-order valence-corrected chi connectivity index (χ4v) is 2.34. The van der Waals surface area contributed by atoms with E-state index in [2.05, 4.69) is 13.3 Å². The minimum absolute atomic E-state index is 0.0711. The molecule has 0 heterocycles. The number of carboxylic acids is 2. The van der Waals surface area contributed by atoms with Gasteiger partial charge in [-0.15, -0.1) is 0 Å². The maximum atomic E-state index is 10.9. The van der Waals surface area contributed by atoms with Crippen molar-refractivity contribution in [2.45, 2.75) is 58.8 Å². The van der Waals surface area contributed by atoms with Crippen molar-refractivity contribution in [3.63, 3.8) is 0 Å². The van der Waals surface area contributed by atoms with E-state index >= 15 is 0 Å². The standard InChI is InChI=1S/C14H25O4/c1-3-5-7-12(10-14(17)18)11(6-4-2)8-9-13(15)16/h5,11-12H,3-4,6-10H2,1-2H3,(H,15,16)(H,17,18). The minimum atomic E-state index is -0.801. The second kappa shape index (κ2) is 9.92. The van der Waals surface area contributed by atoms with Crippen LogP contribution < -0.4 is 0 Å². The first-order valence-electron chi connectivity index (χ1n) is 6.76. The summed E-state index contributed by atoms with van der Waals surface area (Å²) in [6.45, 7) is 4.08. The maximum absolute atomic E-state index is 10.9. The van der Waals surface area contributed by atoms with E-state index in [9.17, 15) is 9.59 Å². The minimum Gasteiger partial charge on any atom is -0.481 e. The molecule has 0 aliphatic rings. The van der Waals surface area contributed by atoms with Crippen molar-refractivity contribution >= 4 is 11.9 Å². The molecule has 4 nitrogen and oxygen atoms in total. The first-order chi connectivity index (χ1) is 8.51. The summed E-state index contributed by atoms with van der Waals surface area (Å²) in [7, 11) is 0. The Morgan fingerprint density at radius 3 is 2.17 bits per heavy atom. The molecule has 105 valence electrons. The number of carbonyl (C=O) groups is 2. The van der Waals surface area contributed by atoms with Gasteiger partial charge in [0, 0.05) is 12.8 Å². The van der Waals surface area contributed by atoms with Crippen LogP contribution in [0.3, 0.4) is 0 Å². The third-order valence-corrected chi connectivity index (χ3v) is 3.25. The Balaban J connectivity index is 4.49. The van der Waals surface area contributed by atoms with Crippen molar-refractivity contribution in [2.75, 3.05) is 0 Å². The Labute approximate surface area is 109 Å². The predicted molar refractivity (Wildman–Crippen MR) is 70.2 cm³/mol. The van der Waals surface area contributed by atoms with Gasteiger partial charge >= 0.3 is 11.9 Å². The first-order valence-corrected chi connectivity index (χ1v) is 6.76. The molecule has 4 heteroatoms. The molecule has 0 aromatic carbocycles. The highest BCUT2D eigenvalue weighted by atomic mass is 16.4. The van der Waals surface area contributed by atoms with Crippen LogP contribution in [0.4, 0.5) is 0 Å². The Hall–Kier alpha value is -1.06. The molecular weight excluding hydrogens is 232 g/mol. The third kappa shape index (κ3) is 8.09. The molecule has 0 rings (SSSR count). The zero-order valence-electron chi connectivity index (χ0n) is 11.4. The third-order valence-electron chi connectivity index (χ3n) is 3.25. The van der Waals surface area contributed by atoms with Gasteiger partial charge in [-0.2, -0.15) is 0 Å². The Bertz CT molecular complexity index is 250. The van der Waals surface area contributed by atoms with Gasteiger partial charge in [0.1, 0.15) is 0 Å². The summed E-state index contributed by atoms with van der Waals surface area (Å²) in [4.78, 5) is 21.5. The fourth-order valence-electron chi connectivity index (χ4n) is 2.34. The van der Waals surface area contributed by atoms with Crippen LogP contribution in [0.5, 0.6) is 0 Å². The van der Waals surface area contributed by atoms with Crippen LogP contribution in [0, 0.1) is 18.3 Å². The van der Waals surface area contributed by atoms with Crippen molar-refractivity contribution in [2.24, 2.45) is 11.8 Å². The van der Waals surface area contributed by atoms with Crippen LogP contribution in [0.15, 0.2) is 0 Å². The smallest absolute Gasteiger partial charge is 0.303 e. The Kier molecular flexibility index (Phi) is 9.33. The highest BCUT2D eigenvalue weighted by Crippen LogP contribution is 2.29. The van der Waals surface area contributed by atoms with E-state index in [-0.39, 0.29) is 24.7 Å². The molecule has 0 amide bonds. The largest absolute Gasteiger partial charge is 0.481 e. The molecule has 0 saturated heterocycles. The number of carboxylic acid groups (broad SMARTS) is 2. The quantitative estimate of drug-likeness (QED) is 0.595. The molecule has 2 atom stereocenters. The molecule has 0 aliphatic heterocycles. The van der Waals surface area contributed by atoms with Crippen molar-refractivity contribution in [1.82, 2.24) is 0 Å². The Morgan fingerprint density at radius 2 is 1.72 bits per heavy atom. The van der Waals surface area contributed by atoms with Gasteiger partial charge in [0.2, 0.25) is 0 Å². The lowest BCUT2D eigenvalue weighted by molar-refractivity contribution is -0.138. The van der Waals surface area contributed by atoms with Crippen LogP contribution in [0.2, 0.25) is 0 Å². The summed E-state index contributed by atoms with van der Waals surface area (Å²) in [5.41, 5.74) is 0. The van der Waals surface area contributed by atoms with E-state index in [0.29, 0.717) is 6.42 Å². The topological polar surface area (TPSA) is 74.6 Å². The SMILES string of the molecule is CC[CH]CC(CC(=O)O)C(CCC)CCC(=O)O. The molecule has 18 heavy (non-hydrogen) atoms. The zero-order chi connectivity index (χ0) is 14.0. The molecule has 2 unspecified atom stereocenters. The predicted octanol–water partition coefficient (Wildman–Crippen LogP) is 3.36. The Morgan fingerprint density at radius 1 is 1.06 bits per heavy atom. The number of hydrogen-bond acceptors (Lipinski definition) is 2. The second-order valence-corrected chi connectivity index (χ2v) is 4.77. The summed E-state index contributed by atoms with van der Waals surface area (Å²) in [5, 5.41) is 17.7.